The molecule has 2 heterocycles. The maximum atomic E-state index is 12.5. The second kappa shape index (κ2) is 8.27. The van der Waals surface area contributed by atoms with Crippen molar-refractivity contribution in [1.82, 2.24) is 14.9 Å². The van der Waals surface area contributed by atoms with Gasteiger partial charge >= 0.3 is 5.97 Å². The number of rotatable bonds is 5. The van der Waals surface area contributed by atoms with Gasteiger partial charge in [0, 0.05) is 27.6 Å². The highest BCUT2D eigenvalue weighted by molar-refractivity contribution is 9.10. The molecule has 0 radical (unpaired) electrons. The van der Waals surface area contributed by atoms with Crippen LogP contribution in [0.25, 0.3) is 0 Å². The summed E-state index contributed by atoms with van der Waals surface area (Å²) in [6, 6.07) is 13.3. The number of carbonyl (C=O) groups excluding carboxylic acids is 3. The number of hydrogen-bond acceptors (Lipinski definition) is 7. The van der Waals surface area contributed by atoms with E-state index in [-0.39, 0.29) is 16.9 Å². The number of nitrogens with one attached hydrogen (secondary N) is 1. The second-order valence-corrected chi connectivity index (χ2v) is 7.90. The summed E-state index contributed by atoms with van der Waals surface area (Å²) >= 11 is 3.28. The summed E-state index contributed by atoms with van der Waals surface area (Å²) in [5, 5.41) is 3.07. The molecule has 0 saturated carbocycles. The van der Waals surface area contributed by atoms with E-state index in [0.29, 0.717) is 16.1 Å². The summed E-state index contributed by atoms with van der Waals surface area (Å²) in [6.07, 6.45) is 0. The average molecular weight is 481 g/mol. The number of ether oxygens (including phenoxy) is 1. The van der Waals surface area contributed by atoms with E-state index in [1.807, 2.05) is 19.9 Å². The Bertz CT molecular complexity index is 1210. The van der Waals surface area contributed by atoms with Gasteiger partial charge in [-0.1, -0.05) is 22.0 Å². The lowest BCUT2D eigenvalue weighted by molar-refractivity contribution is -0.134. The van der Waals surface area contributed by atoms with Gasteiger partial charge in [-0.3, -0.25) is 14.5 Å². The number of hydrogen-bond donors (Lipinski definition) is 1. The van der Waals surface area contributed by atoms with Crippen molar-refractivity contribution >= 4 is 45.3 Å². The summed E-state index contributed by atoms with van der Waals surface area (Å²) in [5.41, 5.74) is 2.80. The minimum atomic E-state index is -0.728. The lowest BCUT2D eigenvalue weighted by Gasteiger charge is -2.13. The van der Waals surface area contributed by atoms with Gasteiger partial charge in [-0.2, -0.15) is 0 Å². The van der Waals surface area contributed by atoms with Crippen LogP contribution in [0.1, 0.15) is 32.1 Å². The zero-order chi connectivity index (χ0) is 22.1. The van der Waals surface area contributed by atoms with E-state index in [1.165, 1.54) is 0 Å². The molecule has 1 aromatic heterocycles. The number of aromatic nitrogens is 2. The third-order valence-corrected chi connectivity index (χ3v) is 5.02. The minimum absolute atomic E-state index is 0.256. The largest absolute Gasteiger partial charge is 0.425 e. The first-order valence-electron chi connectivity index (χ1n) is 9.36. The van der Waals surface area contributed by atoms with E-state index >= 15 is 0 Å². The molecule has 1 aliphatic rings. The summed E-state index contributed by atoms with van der Waals surface area (Å²) in [5.74, 6) is -1.09. The molecule has 2 aromatic carbocycles. The van der Waals surface area contributed by atoms with Gasteiger partial charge in [0.2, 0.25) is 5.95 Å². The number of carbonyl (C=O) groups is 3. The van der Waals surface area contributed by atoms with Crippen LogP contribution in [0, 0.1) is 13.8 Å². The zero-order valence-electron chi connectivity index (χ0n) is 16.7. The Hall–Kier alpha value is -3.59. The van der Waals surface area contributed by atoms with Crippen molar-refractivity contribution in [3.8, 4) is 5.75 Å². The van der Waals surface area contributed by atoms with Crippen molar-refractivity contribution in [2.75, 3.05) is 11.9 Å². The van der Waals surface area contributed by atoms with Crippen LogP contribution in [-0.2, 0) is 4.79 Å². The Kier molecular flexibility index (Phi) is 5.51. The van der Waals surface area contributed by atoms with Crippen molar-refractivity contribution in [1.29, 1.82) is 0 Å². The van der Waals surface area contributed by atoms with Gasteiger partial charge < -0.3 is 10.1 Å². The first-order valence-corrected chi connectivity index (χ1v) is 10.2. The lowest BCUT2D eigenvalue weighted by Crippen LogP contribution is -2.36. The number of esters is 1. The van der Waals surface area contributed by atoms with E-state index in [4.69, 9.17) is 4.74 Å². The number of nitrogens with zero attached hydrogens (tertiary/aromatic N) is 3. The molecule has 0 atom stereocenters. The number of amides is 2. The van der Waals surface area contributed by atoms with E-state index in [0.717, 1.165) is 16.3 Å². The molecule has 0 saturated heterocycles. The maximum Gasteiger partial charge on any atom is 0.331 e. The fourth-order valence-electron chi connectivity index (χ4n) is 3.25. The normalized spacial score (nSPS) is 12.7. The number of benzene rings is 2. The fourth-order valence-corrected chi connectivity index (χ4v) is 3.61. The van der Waals surface area contributed by atoms with Crippen LogP contribution in [0.2, 0.25) is 0 Å². The maximum absolute atomic E-state index is 12.5. The standard InChI is InChI=1S/C22H17BrN4O4/c1-12-8-13(2)25-22(24-12)26-15-4-3-5-16(10-15)31-19(28)11-27-20(29)17-7-6-14(23)9-18(17)21(27)30/h3-10H,11H2,1-2H3,(H,24,25,26). The van der Waals surface area contributed by atoms with Crippen molar-refractivity contribution in [3.63, 3.8) is 0 Å². The molecule has 0 unspecified atom stereocenters. The number of anilines is 2. The van der Waals surface area contributed by atoms with Gasteiger partial charge in [0.15, 0.2) is 0 Å². The smallest absolute Gasteiger partial charge is 0.331 e. The van der Waals surface area contributed by atoms with E-state index in [9.17, 15) is 14.4 Å². The summed E-state index contributed by atoms with van der Waals surface area (Å²) in [7, 11) is 0. The molecule has 4 rings (SSSR count). The van der Waals surface area contributed by atoms with Crippen molar-refractivity contribution in [3.05, 3.63) is 75.5 Å². The fraction of sp³-hybridized carbons (Fsp3) is 0.136. The van der Waals surface area contributed by atoms with Gasteiger partial charge in [0.25, 0.3) is 11.8 Å². The summed E-state index contributed by atoms with van der Waals surface area (Å²) < 4.78 is 6.02. The molecule has 0 spiro atoms. The Morgan fingerprint density at radius 1 is 1.00 bits per heavy atom. The molecule has 0 bridgehead atoms. The van der Waals surface area contributed by atoms with Gasteiger partial charge in [0.05, 0.1) is 11.1 Å². The molecule has 156 valence electrons. The highest BCUT2D eigenvalue weighted by atomic mass is 79.9. The molecule has 9 heteroatoms. The SMILES string of the molecule is Cc1cc(C)nc(Nc2cccc(OC(=O)CN3C(=O)c4ccc(Br)cc4C3=O)c2)n1. The monoisotopic (exact) mass is 480 g/mol. The Balaban J connectivity index is 1.44. The summed E-state index contributed by atoms with van der Waals surface area (Å²) in [6.45, 7) is 3.26. The first kappa shape index (κ1) is 20.7. The highest BCUT2D eigenvalue weighted by Crippen LogP contribution is 2.26. The number of aryl methyl sites for hydroxylation is 2. The van der Waals surface area contributed by atoms with Crippen LogP contribution < -0.4 is 10.1 Å². The van der Waals surface area contributed by atoms with Crippen LogP contribution in [0.3, 0.4) is 0 Å². The van der Waals surface area contributed by atoms with Crippen molar-refractivity contribution in [2.45, 2.75) is 13.8 Å². The van der Waals surface area contributed by atoms with Crippen LogP contribution in [0.15, 0.2) is 53.0 Å². The van der Waals surface area contributed by atoms with Crippen LogP contribution in [0.4, 0.5) is 11.6 Å². The van der Waals surface area contributed by atoms with Gasteiger partial charge in [-0.25, -0.2) is 14.8 Å². The molecule has 1 N–H and O–H groups in total. The molecule has 8 nitrogen and oxygen atoms in total. The van der Waals surface area contributed by atoms with Crippen molar-refractivity contribution < 1.29 is 19.1 Å². The Morgan fingerprint density at radius 2 is 1.71 bits per heavy atom. The first-order chi connectivity index (χ1) is 14.8. The predicted molar refractivity (Wildman–Crippen MR) is 116 cm³/mol. The molecule has 31 heavy (non-hydrogen) atoms. The highest BCUT2D eigenvalue weighted by Gasteiger charge is 2.37. The van der Waals surface area contributed by atoms with E-state index in [2.05, 4.69) is 31.2 Å². The van der Waals surface area contributed by atoms with Gasteiger partial charge in [0.1, 0.15) is 12.3 Å². The second-order valence-electron chi connectivity index (χ2n) is 6.99. The van der Waals surface area contributed by atoms with Crippen LogP contribution >= 0.6 is 15.9 Å². The van der Waals surface area contributed by atoms with E-state index < -0.39 is 24.3 Å². The molecular weight excluding hydrogens is 464 g/mol. The third-order valence-electron chi connectivity index (χ3n) is 4.52. The average Bonchev–Trinajstić information content (AvgIpc) is 2.92. The lowest BCUT2D eigenvalue weighted by atomic mass is 10.1. The van der Waals surface area contributed by atoms with Crippen LogP contribution in [0.5, 0.6) is 5.75 Å². The van der Waals surface area contributed by atoms with Crippen molar-refractivity contribution in [2.24, 2.45) is 0 Å². The predicted octanol–water partition coefficient (Wildman–Crippen LogP) is 3.80. The number of imide groups is 1. The molecule has 0 aliphatic carbocycles. The quantitative estimate of drug-likeness (QED) is 0.336. The minimum Gasteiger partial charge on any atom is -0.425 e. The molecular formula is C22H17BrN4O4. The Morgan fingerprint density at radius 3 is 2.45 bits per heavy atom. The topological polar surface area (TPSA) is 101 Å². The van der Waals surface area contributed by atoms with Crippen LogP contribution in [-0.4, -0.2) is 39.2 Å². The zero-order valence-corrected chi connectivity index (χ0v) is 18.3. The van der Waals surface area contributed by atoms with E-state index in [1.54, 1.807) is 42.5 Å². The molecule has 2 amide bonds. The number of halogens is 1. The number of fused-ring (bicyclic) bond motifs is 1. The Labute approximate surface area is 186 Å². The van der Waals surface area contributed by atoms with Gasteiger partial charge in [-0.15, -0.1) is 0 Å². The molecule has 0 fully saturated rings. The molecule has 3 aromatic rings. The van der Waals surface area contributed by atoms with Gasteiger partial charge in [-0.05, 0) is 50.2 Å². The molecule has 1 aliphatic heterocycles. The third kappa shape index (κ3) is 4.46. The summed E-state index contributed by atoms with van der Waals surface area (Å²) in [4.78, 5) is 46.9.